The van der Waals surface area contributed by atoms with Gasteiger partial charge in [-0.2, -0.15) is 0 Å². The zero-order valence-electron chi connectivity index (χ0n) is 20.9. The van der Waals surface area contributed by atoms with Crippen molar-refractivity contribution in [1.82, 2.24) is 10.2 Å². The zero-order chi connectivity index (χ0) is 26.3. The predicted octanol–water partition coefficient (Wildman–Crippen LogP) is 3.98. The first-order valence-corrected chi connectivity index (χ1v) is 14.3. The number of carbonyl (C=O) groups is 2. The first kappa shape index (κ1) is 27.8. The van der Waals surface area contributed by atoms with Gasteiger partial charge in [0.05, 0.1) is 19.1 Å². The highest BCUT2D eigenvalue weighted by Gasteiger charge is 2.31. The summed E-state index contributed by atoms with van der Waals surface area (Å²) in [5.41, 5.74) is 1.11. The number of hydrogen-bond acceptors (Lipinski definition) is 5. The van der Waals surface area contributed by atoms with Crippen molar-refractivity contribution in [3.8, 4) is 5.75 Å². The maximum atomic E-state index is 13.6. The number of anilines is 1. The number of sulfonamides is 1. The van der Waals surface area contributed by atoms with Gasteiger partial charge in [-0.1, -0.05) is 43.0 Å². The lowest BCUT2D eigenvalue weighted by atomic mass is 9.95. The van der Waals surface area contributed by atoms with Gasteiger partial charge in [-0.3, -0.25) is 13.9 Å². The molecule has 1 N–H and O–H groups in total. The lowest BCUT2D eigenvalue weighted by molar-refractivity contribution is -0.139. The first-order chi connectivity index (χ1) is 17.1. The molecule has 0 spiro atoms. The number of methoxy groups -OCH3 is 1. The Morgan fingerprint density at radius 2 is 1.67 bits per heavy atom. The minimum Gasteiger partial charge on any atom is -0.497 e. The Balaban J connectivity index is 1.85. The van der Waals surface area contributed by atoms with Crippen molar-refractivity contribution in [1.29, 1.82) is 0 Å². The summed E-state index contributed by atoms with van der Waals surface area (Å²) in [6.07, 6.45) is 6.19. The smallest absolute Gasteiger partial charge is 0.244 e. The molecule has 36 heavy (non-hydrogen) atoms. The fourth-order valence-electron chi connectivity index (χ4n) is 4.30. The van der Waals surface area contributed by atoms with E-state index in [4.69, 9.17) is 16.3 Å². The van der Waals surface area contributed by atoms with Crippen LogP contribution >= 0.6 is 11.6 Å². The van der Waals surface area contributed by atoms with Gasteiger partial charge in [0.1, 0.15) is 18.3 Å². The lowest BCUT2D eigenvalue weighted by Gasteiger charge is -2.33. The van der Waals surface area contributed by atoms with Crippen LogP contribution in [0.2, 0.25) is 5.02 Å². The summed E-state index contributed by atoms with van der Waals surface area (Å²) in [7, 11) is -2.27. The molecule has 0 aliphatic heterocycles. The molecule has 1 aliphatic carbocycles. The summed E-state index contributed by atoms with van der Waals surface area (Å²) in [6.45, 7) is 1.36. The molecule has 196 valence electrons. The van der Waals surface area contributed by atoms with E-state index in [-0.39, 0.29) is 18.5 Å². The Bertz CT molecular complexity index is 1130. The van der Waals surface area contributed by atoms with Gasteiger partial charge in [0.2, 0.25) is 21.8 Å². The highest BCUT2D eigenvalue weighted by molar-refractivity contribution is 7.92. The molecule has 1 aliphatic rings. The van der Waals surface area contributed by atoms with E-state index in [1.807, 2.05) is 0 Å². The van der Waals surface area contributed by atoms with E-state index in [1.54, 1.807) is 55.5 Å². The number of hydrogen-bond donors (Lipinski definition) is 1. The number of benzene rings is 2. The van der Waals surface area contributed by atoms with Gasteiger partial charge in [0.15, 0.2) is 0 Å². The highest BCUT2D eigenvalue weighted by atomic mass is 35.5. The van der Waals surface area contributed by atoms with Crippen molar-refractivity contribution in [3.63, 3.8) is 0 Å². The van der Waals surface area contributed by atoms with Gasteiger partial charge in [-0.15, -0.1) is 0 Å². The van der Waals surface area contributed by atoms with Crippen molar-refractivity contribution in [2.24, 2.45) is 0 Å². The molecule has 0 saturated heterocycles. The topological polar surface area (TPSA) is 96.0 Å². The maximum Gasteiger partial charge on any atom is 0.244 e. The SMILES string of the molecule is COc1ccc(N(CC(=O)N(Cc2ccc(Cl)cc2)[C@@H](C)C(=O)NC2CCCCC2)S(C)(=O)=O)cc1. The van der Waals surface area contributed by atoms with E-state index in [9.17, 15) is 18.0 Å². The van der Waals surface area contributed by atoms with E-state index < -0.39 is 28.5 Å². The van der Waals surface area contributed by atoms with Crippen molar-refractivity contribution in [3.05, 3.63) is 59.1 Å². The minimum atomic E-state index is -3.79. The van der Waals surface area contributed by atoms with Crippen molar-refractivity contribution in [2.75, 3.05) is 24.2 Å². The second kappa shape index (κ2) is 12.5. The molecule has 0 aromatic heterocycles. The van der Waals surface area contributed by atoms with E-state index in [2.05, 4.69) is 5.32 Å². The average Bonchev–Trinajstić information content (AvgIpc) is 2.86. The molecular weight excluding hydrogens is 502 g/mol. The zero-order valence-corrected chi connectivity index (χ0v) is 22.5. The summed E-state index contributed by atoms with van der Waals surface area (Å²) in [5, 5.41) is 3.63. The maximum absolute atomic E-state index is 13.6. The Morgan fingerprint density at radius 1 is 1.06 bits per heavy atom. The summed E-state index contributed by atoms with van der Waals surface area (Å²) in [4.78, 5) is 28.2. The van der Waals surface area contributed by atoms with Gasteiger partial charge in [0, 0.05) is 17.6 Å². The molecule has 1 fully saturated rings. The van der Waals surface area contributed by atoms with Crippen LogP contribution in [0, 0.1) is 0 Å². The fourth-order valence-corrected chi connectivity index (χ4v) is 5.28. The fraction of sp³-hybridized carbons (Fsp3) is 0.462. The van der Waals surface area contributed by atoms with Gasteiger partial charge in [0.25, 0.3) is 0 Å². The van der Waals surface area contributed by atoms with Crippen molar-refractivity contribution >= 4 is 39.1 Å². The number of carbonyl (C=O) groups excluding carboxylic acids is 2. The van der Waals surface area contributed by atoms with Gasteiger partial charge in [-0.05, 0) is 61.7 Å². The van der Waals surface area contributed by atoms with E-state index >= 15 is 0 Å². The molecule has 2 aromatic carbocycles. The Kier molecular flexibility index (Phi) is 9.62. The molecule has 2 aromatic rings. The lowest BCUT2D eigenvalue weighted by Crippen LogP contribution is -2.52. The summed E-state index contributed by atoms with van der Waals surface area (Å²) in [6, 6.07) is 12.7. The second-order valence-electron chi connectivity index (χ2n) is 9.14. The standard InChI is InChI=1S/C26H34ClN3O5S/c1-19(26(32)28-22-7-5-4-6-8-22)29(17-20-9-11-21(27)12-10-20)25(31)18-30(36(3,33)34)23-13-15-24(35-2)16-14-23/h9-16,19,22H,4-8,17-18H2,1-3H3,(H,28,32)/t19-/m0/s1. The molecule has 8 nitrogen and oxygen atoms in total. The van der Waals surface area contributed by atoms with Crippen molar-refractivity contribution < 1.29 is 22.7 Å². The Morgan fingerprint density at radius 3 is 2.22 bits per heavy atom. The van der Waals surface area contributed by atoms with Crippen LogP contribution in [0.25, 0.3) is 0 Å². The van der Waals surface area contributed by atoms with Gasteiger partial charge >= 0.3 is 0 Å². The van der Waals surface area contributed by atoms with Crippen LogP contribution < -0.4 is 14.4 Å². The molecule has 1 atom stereocenters. The first-order valence-electron chi connectivity index (χ1n) is 12.0. The van der Waals surface area contributed by atoms with Crippen LogP contribution in [-0.2, 0) is 26.2 Å². The van der Waals surface area contributed by atoms with Crippen LogP contribution in [0.4, 0.5) is 5.69 Å². The van der Waals surface area contributed by atoms with Crippen LogP contribution in [-0.4, -0.2) is 57.1 Å². The van der Waals surface area contributed by atoms with E-state index in [0.29, 0.717) is 16.5 Å². The van der Waals surface area contributed by atoms with Crippen LogP contribution in [0.15, 0.2) is 48.5 Å². The third-order valence-electron chi connectivity index (χ3n) is 6.42. The third kappa shape index (κ3) is 7.61. The second-order valence-corrected chi connectivity index (χ2v) is 11.5. The average molecular weight is 536 g/mol. The summed E-state index contributed by atoms with van der Waals surface area (Å²) >= 11 is 6.01. The number of ether oxygens (including phenoxy) is 1. The number of nitrogens with zero attached hydrogens (tertiary/aromatic N) is 2. The van der Waals surface area contributed by atoms with Crippen molar-refractivity contribution in [2.45, 2.75) is 57.7 Å². The summed E-state index contributed by atoms with van der Waals surface area (Å²) < 4.78 is 31.5. The van der Waals surface area contributed by atoms with Gasteiger partial charge < -0.3 is 15.0 Å². The number of nitrogens with one attached hydrogen (secondary N) is 1. The molecule has 10 heteroatoms. The number of rotatable bonds is 10. The molecule has 0 heterocycles. The molecule has 3 rings (SSSR count). The van der Waals surface area contributed by atoms with Crippen LogP contribution in [0.3, 0.4) is 0 Å². The Hall–Kier alpha value is -2.78. The largest absolute Gasteiger partial charge is 0.497 e. The number of amides is 2. The molecule has 0 unspecified atom stereocenters. The third-order valence-corrected chi connectivity index (χ3v) is 7.82. The quantitative estimate of drug-likeness (QED) is 0.496. The predicted molar refractivity (Wildman–Crippen MR) is 142 cm³/mol. The number of halogens is 1. The molecule has 0 bridgehead atoms. The minimum absolute atomic E-state index is 0.0907. The molecule has 1 saturated carbocycles. The summed E-state index contributed by atoms with van der Waals surface area (Å²) in [5.74, 6) is -0.173. The molecule has 2 amide bonds. The van der Waals surface area contributed by atoms with Gasteiger partial charge in [-0.25, -0.2) is 8.42 Å². The van der Waals surface area contributed by atoms with E-state index in [0.717, 1.165) is 48.2 Å². The van der Waals surface area contributed by atoms with Crippen LogP contribution in [0.5, 0.6) is 5.75 Å². The molecule has 0 radical (unpaired) electrons. The molecular formula is C26H34ClN3O5S. The van der Waals surface area contributed by atoms with E-state index in [1.165, 1.54) is 12.0 Å². The van der Waals surface area contributed by atoms with Crippen LogP contribution in [0.1, 0.15) is 44.6 Å². The highest BCUT2D eigenvalue weighted by Crippen LogP contribution is 2.23. The normalized spacial score (nSPS) is 15.1. The Labute approximate surface area is 218 Å². The monoisotopic (exact) mass is 535 g/mol.